The molecule has 8 heteroatoms. The fourth-order valence-electron chi connectivity index (χ4n) is 4.52. The fraction of sp³-hybridized carbons (Fsp3) is 0.280. The molecule has 0 unspecified atom stereocenters. The monoisotopic (exact) mass is 441 g/mol. The van der Waals surface area contributed by atoms with Gasteiger partial charge in [0.05, 0.1) is 18.3 Å². The van der Waals surface area contributed by atoms with Crippen molar-refractivity contribution in [3.05, 3.63) is 70.3 Å². The van der Waals surface area contributed by atoms with Crippen molar-refractivity contribution in [3.63, 3.8) is 0 Å². The Balaban J connectivity index is 1.39. The normalized spacial score (nSPS) is 14.4. The number of benzene rings is 2. The highest BCUT2D eigenvalue weighted by Crippen LogP contribution is 2.35. The molecule has 0 radical (unpaired) electrons. The van der Waals surface area contributed by atoms with Crippen LogP contribution in [0.4, 0.5) is 5.69 Å². The lowest BCUT2D eigenvalue weighted by Gasteiger charge is -2.33. The van der Waals surface area contributed by atoms with Gasteiger partial charge >= 0.3 is 0 Å². The Kier molecular flexibility index (Phi) is 5.31. The van der Waals surface area contributed by atoms with Crippen molar-refractivity contribution in [2.45, 2.75) is 18.8 Å². The molecule has 1 fully saturated rings. The molecule has 0 atom stereocenters. The van der Waals surface area contributed by atoms with Crippen molar-refractivity contribution in [3.8, 4) is 23.2 Å². The summed E-state index contributed by atoms with van der Waals surface area (Å²) in [6.45, 7) is 1.38. The second-order valence-electron chi connectivity index (χ2n) is 8.16. The molecular weight excluding hydrogens is 418 g/mol. The van der Waals surface area contributed by atoms with E-state index in [0.29, 0.717) is 24.8 Å². The van der Waals surface area contributed by atoms with Gasteiger partial charge in [0, 0.05) is 37.0 Å². The smallest absolute Gasteiger partial charge is 0.270 e. The maximum atomic E-state index is 12.8. The lowest BCUT2D eigenvalue weighted by Crippen LogP contribution is -2.35. The van der Waals surface area contributed by atoms with E-state index in [2.05, 4.69) is 21.1 Å². The molecule has 3 heterocycles. The summed E-state index contributed by atoms with van der Waals surface area (Å²) in [5, 5.41) is 14.8. The summed E-state index contributed by atoms with van der Waals surface area (Å²) < 4.78 is 12.3. The van der Waals surface area contributed by atoms with Crippen molar-refractivity contribution in [2.24, 2.45) is 7.05 Å². The molecule has 166 valence electrons. The zero-order chi connectivity index (χ0) is 22.9. The molecule has 0 amide bonds. The summed E-state index contributed by atoms with van der Waals surface area (Å²) in [4.78, 5) is 19.6. The number of pyridine rings is 1. The maximum absolute atomic E-state index is 12.8. The van der Waals surface area contributed by atoms with Crippen LogP contribution in [0.15, 0.2) is 57.8 Å². The molecule has 33 heavy (non-hydrogen) atoms. The number of fused-ring (bicyclic) bond motifs is 1. The van der Waals surface area contributed by atoms with Crippen molar-refractivity contribution < 1.29 is 9.26 Å². The first-order valence-corrected chi connectivity index (χ1v) is 10.9. The number of piperidine rings is 1. The predicted molar refractivity (Wildman–Crippen MR) is 124 cm³/mol. The fourth-order valence-corrected chi connectivity index (χ4v) is 4.52. The Morgan fingerprint density at radius 2 is 1.85 bits per heavy atom. The number of para-hydroxylation sites is 1. The predicted octanol–water partition coefficient (Wildman–Crippen LogP) is 3.85. The SMILES string of the molecule is COc1ccc(-c2noc(C3CCN(c4c(C#N)c(=O)n(C)c5ccccc45)CC3)n2)cc1. The Hall–Kier alpha value is -4.12. The lowest BCUT2D eigenvalue weighted by molar-refractivity contribution is 0.329. The lowest BCUT2D eigenvalue weighted by atomic mass is 9.95. The third-order valence-electron chi connectivity index (χ3n) is 6.34. The topological polar surface area (TPSA) is 97.2 Å². The highest BCUT2D eigenvalue weighted by molar-refractivity contribution is 5.94. The third kappa shape index (κ3) is 3.61. The average molecular weight is 441 g/mol. The van der Waals surface area contributed by atoms with Gasteiger partial charge in [-0.25, -0.2) is 0 Å². The average Bonchev–Trinajstić information content (AvgIpc) is 3.36. The van der Waals surface area contributed by atoms with Crippen LogP contribution in [0.5, 0.6) is 5.75 Å². The van der Waals surface area contributed by atoms with E-state index < -0.39 is 0 Å². The van der Waals surface area contributed by atoms with Crippen LogP contribution in [0.1, 0.15) is 30.2 Å². The number of aromatic nitrogens is 3. The molecule has 1 aliphatic heterocycles. The molecule has 0 aliphatic carbocycles. The van der Waals surface area contributed by atoms with Gasteiger partial charge in [-0.05, 0) is 43.2 Å². The summed E-state index contributed by atoms with van der Waals surface area (Å²) in [7, 11) is 3.33. The number of aryl methyl sites for hydroxylation is 1. The first-order valence-electron chi connectivity index (χ1n) is 10.9. The minimum absolute atomic E-state index is 0.129. The summed E-state index contributed by atoms with van der Waals surface area (Å²) in [6, 6.07) is 17.4. The number of nitrogens with zero attached hydrogens (tertiary/aromatic N) is 5. The van der Waals surface area contributed by atoms with E-state index in [1.807, 2.05) is 48.5 Å². The van der Waals surface area contributed by atoms with Gasteiger partial charge in [0.25, 0.3) is 5.56 Å². The minimum Gasteiger partial charge on any atom is -0.497 e. The molecule has 0 saturated carbocycles. The van der Waals surface area contributed by atoms with Gasteiger partial charge in [0.15, 0.2) is 0 Å². The van der Waals surface area contributed by atoms with Gasteiger partial charge in [0.2, 0.25) is 11.7 Å². The number of hydrogen-bond donors (Lipinski definition) is 0. The first kappa shape index (κ1) is 20.8. The molecule has 8 nitrogen and oxygen atoms in total. The summed E-state index contributed by atoms with van der Waals surface area (Å²) in [5.74, 6) is 2.08. The Labute approximate surface area is 190 Å². The molecule has 1 aliphatic rings. The number of ether oxygens (including phenoxy) is 1. The van der Waals surface area contributed by atoms with Crippen molar-refractivity contribution in [1.82, 2.24) is 14.7 Å². The van der Waals surface area contributed by atoms with Gasteiger partial charge in [0.1, 0.15) is 17.4 Å². The van der Waals surface area contributed by atoms with Crippen LogP contribution in [0, 0.1) is 11.3 Å². The van der Waals surface area contributed by atoms with Crippen molar-refractivity contribution in [2.75, 3.05) is 25.1 Å². The maximum Gasteiger partial charge on any atom is 0.270 e. The summed E-state index contributed by atoms with van der Waals surface area (Å²) in [5.41, 5.74) is 2.33. The highest BCUT2D eigenvalue weighted by Gasteiger charge is 2.28. The summed E-state index contributed by atoms with van der Waals surface area (Å²) >= 11 is 0. The van der Waals surface area contributed by atoms with Crippen molar-refractivity contribution in [1.29, 1.82) is 5.26 Å². The Bertz CT molecular complexity index is 1410. The number of hydrogen-bond acceptors (Lipinski definition) is 7. The quantitative estimate of drug-likeness (QED) is 0.474. The standard InChI is InChI=1S/C25H23N5O3/c1-29-21-6-4-3-5-19(21)22(20(15-26)25(29)31)30-13-11-17(12-14-30)24-27-23(28-33-24)16-7-9-18(32-2)10-8-16/h3-10,17H,11-14H2,1-2H3. The van der Waals surface area contributed by atoms with Gasteiger partial charge in [-0.2, -0.15) is 10.2 Å². The molecular formula is C25H23N5O3. The van der Waals surface area contributed by atoms with E-state index in [1.165, 1.54) is 0 Å². The number of methoxy groups -OCH3 is 1. The molecule has 4 aromatic rings. The largest absolute Gasteiger partial charge is 0.497 e. The summed E-state index contributed by atoms with van der Waals surface area (Å²) in [6.07, 6.45) is 1.58. The molecule has 0 N–H and O–H groups in total. The van der Waals surface area contributed by atoms with E-state index in [-0.39, 0.29) is 17.0 Å². The van der Waals surface area contributed by atoms with Crippen LogP contribution in [-0.2, 0) is 7.05 Å². The van der Waals surface area contributed by atoms with Crippen LogP contribution in [0.25, 0.3) is 22.3 Å². The number of nitriles is 1. The van der Waals surface area contributed by atoms with E-state index in [1.54, 1.807) is 18.7 Å². The van der Waals surface area contributed by atoms with E-state index in [0.717, 1.165) is 40.7 Å². The molecule has 0 spiro atoms. The van der Waals surface area contributed by atoms with Crippen LogP contribution >= 0.6 is 0 Å². The number of anilines is 1. The van der Waals surface area contributed by atoms with Gasteiger partial charge in [-0.1, -0.05) is 23.4 Å². The van der Waals surface area contributed by atoms with Crippen LogP contribution < -0.4 is 15.2 Å². The number of rotatable bonds is 4. The first-order chi connectivity index (χ1) is 16.1. The van der Waals surface area contributed by atoms with Crippen LogP contribution in [0.2, 0.25) is 0 Å². The second kappa shape index (κ2) is 8.43. The second-order valence-corrected chi connectivity index (χ2v) is 8.16. The van der Waals surface area contributed by atoms with E-state index in [4.69, 9.17) is 9.26 Å². The van der Waals surface area contributed by atoms with Gasteiger partial charge in [-0.3, -0.25) is 4.79 Å². The highest BCUT2D eigenvalue weighted by atomic mass is 16.5. The Morgan fingerprint density at radius 1 is 1.12 bits per heavy atom. The molecule has 2 aromatic heterocycles. The van der Waals surface area contributed by atoms with Crippen LogP contribution in [0.3, 0.4) is 0 Å². The zero-order valence-electron chi connectivity index (χ0n) is 18.5. The molecule has 0 bridgehead atoms. The van der Waals surface area contributed by atoms with Gasteiger partial charge in [-0.15, -0.1) is 0 Å². The minimum atomic E-state index is -0.269. The molecule has 5 rings (SSSR count). The molecule has 1 saturated heterocycles. The van der Waals surface area contributed by atoms with Gasteiger partial charge < -0.3 is 18.7 Å². The van der Waals surface area contributed by atoms with Crippen LogP contribution in [-0.4, -0.2) is 34.9 Å². The third-order valence-corrected chi connectivity index (χ3v) is 6.34. The Morgan fingerprint density at radius 3 is 2.55 bits per heavy atom. The molecule has 2 aromatic carbocycles. The van der Waals surface area contributed by atoms with E-state index in [9.17, 15) is 10.1 Å². The van der Waals surface area contributed by atoms with E-state index >= 15 is 0 Å². The zero-order valence-corrected chi connectivity index (χ0v) is 18.5. The van der Waals surface area contributed by atoms with Crippen molar-refractivity contribution >= 4 is 16.6 Å².